The molecule has 0 saturated heterocycles. The van der Waals surface area contributed by atoms with E-state index in [4.69, 9.17) is 9.47 Å². The van der Waals surface area contributed by atoms with Gasteiger partial charge in [0.05, 0.1) is 12.1 Å². The van der Waals surface area contributed by atoms with Crippen LogP contribution in [0.1, 0.15) is 38.2 Å². The van der Waals surface area contributed by atoms with Gasteiger partial charge in [-0.2, -0.15) is 0 Å². The summed E-state index contributed by atoms with van der Waals surface area (Å²) in [5.74, 6) is -0.555. The van der Waals surface area contributed by atoms with E-state index in [0.29, 0.717) is 5.52 Å². The highest BCUT2D eigenvalue weighted by atomic mass is 16.6. The summed E-state index contributed by atoms with van der Waals surface area (Å²) in [6, 6.07) is 17.3. The fraction of sp³-hybridized carbons (Fsp3) is 0.273. The van der Waals surface area contributed by atoms with E-state index in [0.717, 1.165) is 16.5 Å². The van der Waals surface area contributed by atoms with Crippen LogP contribution >= 0.6 is 0 Å². The molecule has 0 aliphatic carbocycles. The van der Waals surface area contributed by atoms with E-state index < -0.39 is 17.7 Å². The first-order valence-corrected chi connectivity index (χ1v) is 8.91. The van der Waals surface area contributed by atoms with Crippen LogP contribution in [0.4, 0.5) is 4.79 Å². The van der Waals surface area contributed by atoms with Crippen molar-refractivity contribution in [2.24, 2.45) is 0 Å². The molecule has 1 aromatic heterocycles. The van der Waals surface area contributed by atoms with Gasteiger partial charge in [0.1, 0.15) is 11.3 Å². The Balaban J connectivity index is 2.14. The van der Waals surface area contributed by atoms with Gasteiger partial charge in [0.15, 0.2) is 0 Å². The molecule has 0 spiro atoms. The van der Waals surface area contributed by atoms with Crippen LogP contribution in [-0.2, 0) is 9.47 Å². The first-order chi connectivity index (χ1) is 12.8. The zero-order chi connectivity index (χ0) is 19.6. The van der Waals surface area contributed by atoms with Gasteiger partial charge in [0.2, 0.25) is 0 Å². The van der Waals surface area contributed by atoms with E-state index in [9.17, 15) is 9.59 Å². The number of rotatable bonds is 3. The van der Waals surface area contributed by atoms with Crippen LogP contribution in [0, 0.1) is 0 Å². The van der Waals surface area contributed by atoms with Gasteiger partial charge in [0, 0.05) is 5.39 Å². The lowest BCUT2D eigenvalue weighted by Gasteiger charge is -2.20. The maximum absolute atomic E-state index is 12.8. The van der Waals surface area contributed by atoms with Crippen molar-refractivity contribution in [3.05, 3.63) is 60.3 Å². The topological polar surface area (TPSA) is 57.5 Å². The Morgan fingerprint density at radius 1 is 0.963 bits per heavy atom. The molecule has 5 heteroatoms. The highest BCUT2D eigenvalue weighted by Crippen LogP contribution is 2.28. The van der Waals surface area contributed by atoms with Gasteiger partial charge in [-0.1, -0.05) is 36.4 Å². The number of esters is 1. The van der Waals surface area contributed by atoms with Crippen molar-refractivity contribution in [3.8, 4) is 11.1 Å². The summed E-state index contributed by atoms with van der Waals surface area (Å²) < 4.78 is 11.9. The van der Waals surface area contributed by atoms with Gasteiger partial charge >= 0.3 is 12.1 Å². The Labute approximate surface area is 158 Å². The summed E-state index contributed by atoms with van der Waals surface area (Å²) in [6.07, 6.45) is -0.604. The van der Waals surface area contributed by atoms with Crippen LogP contribution in [0.5, 0.6) is 0 Å². The summed E-state index contributed by atoms with van der Waals surface area (Å²) in [4.78, 5) is 25.2. The molecule has 0 aliphatic rings. The predicted octanol–water partition coefficient (Wildman–Crippen LogP) is 5.27. The van der Waals surface area contributed by atoms with Crippen LogP contribution < -0.4 is 0 Å². The first kappa shape index (κ1) is 18.7. The second kappa shape index (κ2) is 7.27. The van der Waals surface area contributed by atoms with Gasteiger partial charge in [-0.25, -0.2) is 14.2 Å². The molecule has 140 valence electrons. The van der Waals surface area contributed by atoms with Crippen molar-refractivity contribution in [1.29, 1.82) is 0 Å². The Morgan fingerprint density at radius 2 is 1.67 bits per heavy atom. The smallest absolute Gasteiger partial charge is 0.419 e. The standard InChI is InChI=1S/C22H23NO4/c1-5-26-20(24)19-14-17-13-16(15-9-7-6-8-10-15)11-12-18(17)23(19)21(25)27-22(2,3)4/h6-14H,5H2,1-4H3. The van der Waals surface area contributed by atoms with Gasteiger partial charge in [-0.3, -0.25) is 0 Å². The van der Waals surface area contributed by atoms with Crippen molar-refractivity contribution in [2.75, 3.05) is 6.61 Å². The van der Waals surface area contributed by atoms with E-state index in [1.54, 1.807) is 33.8 Å². The van der Waals surface area contributed by atoms with Crippen LogP contribution in [0.15, 0.2) is 54.6 Å². The number of carbonyl (C=O) groups excluding carboxylic acids is 2. The van der Waals surface area contributed by atoms with E-state index >= 15 is 0 Å². The Kier molecular flexibility index (Phi) is 5.04. The Bertz CT molecular complexity index is 981. The van der Waals surface area contributed by atoms with Crippen molar-refractivity contribution < 1.29 is 19.1 Å². The summed E-state index contributed by atoms with van der Waals surface area (Å²) in [6.45, 7) is 7.31. The number of benzene rings is 2. The van der Waals surface area contributed by atoms with Gasteiger partial charge < -0.3 is 9.47 Å². The largest absolute Gasteiger partial charge is 0.461 e. The van der Waals surface area contributed by atoms with Crippen LogP contribution in [0.2, 0.25) is 0 Å². The lowest BCUT2D eigenvalue weighted by molar-refractivity contribution is 0.0454. The fourth-order valence-electron chi connectivity index (χ4n) is 2.89. The van der Waals surface area contributed by atoms with Crippen LogP contribution in [0.3, 0.4) is 0 Å². The molecule has 3 aromatic rings. The number of hydrogen-bond acceptors (Lipinski definition) is 4. The van der Waals surface area contributed by atoms with Crippen LogP contribution in [-0.4, -0.2) is 28.8 Å². The normalized spacial score (nSPS) is 11.4. The highest BCUT2D eigenvalue weighted by Gasteiger charge is 2.25. The molecule has 0 amide bonds. The Hall–Kier alpha value is -3.08. The third kappa shape index (κ3) is 4.03. The van der Waals surface area contributed by atoms with Crippen LogP contribution in [0.25, 0.3) is 22.0 Å². The van der Waals surface area contributed by atoms with E-state index in [2.05, 4.69) is 0 Å². The molecular weight excluding hydrogens is 342 g/mol. The van der Waals surface area contributed by atoms with Crippen molar-refractivity contribution in [3.63, 3.8) is 0 Å². The molecule has 0 atom stereocenters. The molecule has 5 nitrogen and oxygen atoms in total. The lowest BCUT2D eigenvalue weighted by Crippen LogP contribution is -2.29. The zero-order valence-electron chi connectivity index (χ0n) is 16.0. The molecule has 0 radical (unpaired) electrons. The number of aromatic nitrogens is 1. The minimum atomic E-state index is -0.677. The van der Waals surface area contributed by atoms with E-state index in [1.165, 1.54) is 4.57 Å². The minimum absolute atomic E-state index is 0.159. The summed E-state index contributed by atoms with van der Waals surface area (Å²) in [5.41, 5.74) is 2.14. The molecule has 0 bridgehead atoms. The monoisotopic (exact) mass is 365 g/mol. The molecular formula is C22H23NO4. The first-order valence-electron chi connectivity index (χ1n) is 8.91. The average molecular weight is 365 g/mol. The SMILES string of the molecule is CCOC(=O)c1cc2cc(-c3ccccc3)ccc2n1C(=O)OC(C)(C)C. The van der Waals surface area contributed by atoms with E-state index in [1.807, 2.05) is 48.5 Å². The number of fused-ring (bicyclic) bond motifs is 1. The van der Waals surface area contributed by atoms with Crippen molar-refractivity contribution in [2.45, 2.75) is 33.3 Å². The number of nitrogens with zero attached hydrogens (tertiary/aromatic N) is 1. The molecule has 1 heterocycles. The number of carbonyl (C=O) groups is 2. The predicted molar refractivity (Wildman–Crippen MR) is 105 cm³/mol. The molecule has 27 heavy (non-hydrogen) atoms. The molecule has 0 fully saturated rings. The average Bonchev–Trinajstić information content (AvgIpc) is 3.00. The van der Waals surface area contributed by atoms with Gasteiger partial charge in [-0.05, 0) is 57.0 Å². The quantitative estimate of drug-likeness (QED) is 0.594. The van der Waals surface area contributed by atoms with E-state index in [-0.39, 0.29) is 12.3 Å². The molecule has 0 aliphatic heterocycles. The summed E-state index contributed by atoms with van der Waals surface area (Å²) in [7, 11) is 0. The van der Waals surface area contributed by atoms with Crippen molar-refractivity contribution in [1.82, 2.24) is 4.57 Å². The molecule has 0 saturated carbocycles. The van der Waals surface area contributed by atoms with Crippen molar-refractivity contribution >= 4 is 23.0 Å². The summed E-state index contributed by atoms with van der Waals surface area (Å²) in [5, 5.41) is 0.769. The third-order valence-corrected chi connectivity index (χ3v) is 3.97. The molecule has 2 aromatic carbocycles. The number of hydrogen-bond donors (Lipinski definition) is 0. The van der Waals surface area contributed by atoms with Gasteiger partial charge in [0.25, 0.3) is 0 Å². The maximum Gasteiger partial charge on any atom is 0.419 e. The number of ether oxygens (including phenoxy) is 2. The second-order valence-corrected chi connectivity index (χ2v) is 7.21. The Morgan fingerprint density at radius 3 is 2.30 bits per heavy atom. The molecule has 0 N–H and O–H groups in total. The second-order valence-electron chi connectivity index (χ2n) is 7.21. The maximum atomic E-state index is 12.8. The molecule has 3 rings (SSSR count). The van der Waals surface area contributed by atoms with Gasteiger partial charge in [-0.15, -0.1) is 0 Å². The molecule has 0 unspecified atom stereocenters. The lowest BCUT2D eigenvalue weighted by atomic mass is 10.0. The minimum Gasteiger partial charge on any atom is -0.461 e. The summed E-state index contributed by atoms with van der Waals surface area (Å²) >= 11 is 0. The highest BCUT2D eigenvalue weighted by molar-refractivity contribution is 6.02. The zero-order valence-corrected chi connectivity index (χ0v) is 16.0. The fourth-order valence-corrected chi connectivity index (χ4v) is 2.89. The third-order valence-electron chi connectivity index (χ3n) is 3.97.